The predicted molar refractivity (Wildman–Crippen MR) is 107 cm³/mol. The number of hydrogen-bond donors (Lipinski definition) is 0. The van der Waals surface area contributed by atoms with Crippen LogP contribution in [0.2, 0.25) is 10.0 Å². The summed E-state index contributed by atoms with van der Waals surface area (Å²) in [5.74, 6) is -0.611. The first-order valence-corrected chi connectivity index (χ1v) is 9.61. The lowest BCUT2D eigenvalue weighted by molar-refractivity contribution is -0.135. The molecular weight excluding hydrogens is 367 g/mol. The molecule has 2 aromatic rings. The molecule has 1 aliphatic carbocycles. The van der Waals surface area contributed by atoms with E-state index in [1.54, 1.807) is 6.07 Å². The van der Waals surface area contributed by atoms with Gasteiger partial charge in [0.15, 0.2) is 0 Å². The van der Waals surface area contributed by atoms with Crippen LogP contribution in [0.15, 0.2) is 36.4 Å². The molecule has 0 heterocycles. The zero-order valence-corrected chi connectivity index (χ0v) is 16.7. The molecule has 1 saturated carbocycles. The molecule has 0 aromatic heterocycles. The Labute approximate surface area is 164 Å². The van der Waals surface area contributed by atoms with Gasteiger partial charge in [-0.15, -0.1) is 0 Å². The second kappa shape index (κ2) is 7.17. The molecule has 0 saturated heterocycles. The number of carbonyl (C=O) groups excluding carboxylic acids is 2. The monoisotopic (exact) mass is 388 g/mol. The van der Waals surface area contributed by atoms with Crippen molar-refractivity contribution in [1.82, 2.24) is 0 Å². The van der Waals surface area contributed by atoms with Crippen molar-refractivity contribution in [1.29, 1.82) is 0 Å². The van der Waals surface area contributed by atoms with Gasteiger partial charge in [-0.3, -0.25) is 9.59 Å². The normalized spacial score (nSPS) is 17.6. The zero-order chi connectivity index (χ0) is 19.1. The highest BCUT2D eigenvalue weighted by molar-refractivity contribution is 6.42. The molecule has 3 rings (SSSR count). The van der Waals surface area contributed by atoms with Gasteiger partial charge in [0.25, 0.3) is 0 Å². The summed E-state index contributed by atoms with van der Waals surface area (Å²) in [5.41, 5.74) is 3.47. The number of hydrogen-bond acceptors (Lipinski definition) is 2. The Morgan fingerprint density at radius 3 is 2.08 bits per heavy atom. The Balaban J connectivity index is 2.07. The first-order valence-electron chi connectivity index (χ1n) is 8.85. The van der Waals surface area contributed by atoms with Gasteiger partial charge in [0, 0.05) is 12.8 Å². The number of carbonyl (C=O) groups is 2. The van der Waals surface area contributed by atoms with Gasteiger partial charge in [-0.1, -0.05) is 62.2 Å². The molecule has 1 fully saturated rings. The van der Waals surface area contributed by atoms with E-state index in [1.807, 2.05) is 51.1 Å². The molecule has 1 aliphatic rings. The lowest BCUT2D eigenvalue weighted by atomic mass is 9.69. The largest absolute Gasteiger partial charge is 0.299 e. The number of rotatable bonds is 3. The summed E-state index contributed by atoms with van der Waals surface area (Å²) in [4.78, 5) is 25.6. The van der Waals surface area contributed by atoms with Gasteiger partial charge < -0.3 is 0 Å². The summed E-state index contributed by atoms with van der Waals surface area (Å²) in [6, 6.07) is 11.4. The molecule has 0 unspecified atom stereocenters. The fraction of sp³-hybridized carbons (Fsp3) is 0.364. The van der Waals surface area contributed by atoms with Crippen LogP contribution in [0.4, 0.5) is 0 Å². The van der Waals surface area contributed by atoms with Crippen LogP contribution in [0.3, 0.4) is 0 Å². The van der Waals surface area contributed by atoms with Gasteiger partial charge in [0.05, 0.1) is 10.0 Å². The standard InChI is InChI=1S/C22H22Cl2O2/c1-4-13-5-6-14(15-7-8-17(23)18(24)10-15)9-16(13)21-19(25)11-22(2,3)12-20(21)26/h5-10,21H,4,11-12H2,1-3H3. The second-order valence-electron chi connectivity index (χ2n) is 7.78. The van der Waals surface area contributed by atoms with Crippen molar-refractivity contribution >= 4 is 34.8 Å². The van der Waals surface area contributed by atoms with Gasteiger partial charge in [0.1, 0.15) is 17.5 Å². The van der Waals surface area contributed by atoms with Crippen LogP contribution in [0.1, 0.15) is 50.7 Å². The third-order valence-corrected chi connectivity index (χ3v) is 5.78. The quantitative estimate of drug-likeness (QED) is 0.580. The highest BCUT2D eigenvalue weighted by Crippen LogP contribution is 2.40. The number of ketones is 2. The van der Waals surface area contributed by atoms with Crippen molar-refractivity contribution in [3.05, 3.63) is 57.6 Å². The minimum Gasteiger partial charge on any atom is -0.299 e. The molecule has 0 amide bonds. The van der Waals surface area contributed by atoms with E-state index in [-0.39, 0.29) is 17.0 Å². The third kappa shape index (κ3) is 3.72. The highest BCUT2D eigenvalue weighted by Gasteiger charge is 2.41. The zero-order valence-electron chi connectivity index (χ0n) is 15.2. The van der Waals surface area contributed by atoms with Gasteiger partial charge in [0.2, 0.25) is 0 Å². The van der Waals surface area contributed by atoms with Crippen LogP contribution in [0.25, 0.3) is 11.1 Å². The molecule has 2 nitrogen and oxygen atoms in total. The van der Waals surface area contributed by atoms with Crippen molar-refractivity contribution in [2.75, 3.05) is 0 Å². The van der Waals surface area contributed by atoms with Gasteiger partial charge in [-0.25, -0.2) is 0 Å². The molecule has 2 aromatic carbocycles. The van der Waals surface area contributed by atoms with Crippen LogP contribution in [-0.2, 0) is 16.0 Å². The molecule has 0 bridgehead atoms. The second-order valence-corrected chi connectivity index (χ2v) is 8.59. The van der Waals surface area contributed by atoms with Crippen molar-refractivity contribution in [2.45, 2.75) is 46.0 Å². The summed E-state index contributed by atoms with van der Waals surface area (Å²) < 4.78 is 0. The van der Waals surface area contributed by atoms with Crippen molar-refractivity contribution in [2.24, 2.45) is 5.41 Å². The molecule has 26 heavy (non-hydrogen) atoms. The van der Waals surface area contributed by atoms with Crippen LogP contribution >= 0.6 is 23.2 Å². The Kier molecular flexibility index (Phi) is 5.28. The number of Topliss-reactive ketones (excluding diaryl/α,β-unsaturated/α-hetero) is 2. The Bertz CT molecular complexity index is 864. The maximum atomic E-state index is 12.8. The molecule has 136 valence electrons. The van der Waals surface area contributed by atoms with Crippen LogP contribution in [-0.4, -0.2) is 11.6 Å². The summed E-state index contributed by atoms with van der Waals surface area (Å²) in [6.45, 7) is 6.00. The minimum atomic E-state index is -0.652. The first-order chi connectivity index (χ1) is 12.2. The van der Waals surface area contributed by atoms with E-state index in [9.17, 15) is 9.59 Å². The fourth-order valence-corrected chi connectivity index (χ4v) is 4.08. The number of aryl methyl sites for hydroxylation is 1. The van der Waals surface area contributed by atoms with E-state index >= 15 is 0 Å². The van der Waals surface area contributed by atoms with Gasteiger partial charge in [-0.05, 0) is 52.3 Å². The smallest absolute Gasteiger partial charge is 0.148 e. The number of halogens is 2. The topological polar surface area (TPSA) is 34.1 Å². The molecule has 0 radical (unpaired) electrons. The summed E-state index contributed by atoms with van der Waals surface area (Å²) in [5, 5.41) is 0.984. The maximum Gasteiger partial charge on any atom is 0.148 e. The minimum absolute atomic E-state index is 0.0206. The van der Waals surface area contributed by atoms with Crippen molar-refractivity contribution in [3.63, 3.8) is 0 Å². The Hall–Kier alpha value is -1.64. The molecule has 4 heteroatoms. The predicted octanol–water partition coefficient (Wildman–Crippen LogP) is 6.26. The van der Waals surface area contributed by atoms with Gasteiger partial charge >= 0.3 is 0 Å². The molecule has 0 N–H and O–H groups in total. The van der Waals surface area contributed by atoms with E-state index < -0.39 is 5.92 Å². The highest BCUT2D eigenvalue weighted by atomic mass is 35.5. The average molecular weight is 389 g/mol. The third-order valence-electron chi connectivity index (χ3n) is 5.04. The first kappa shape index (κ1) is 19.1. The molecule has 0 atom stereocenters. The van der Waals surface area contributed by atoms with Crippen LogP contribution < -0.4 is 0 Å². The summed E-state index contributed by atoms with van der Waals surface area (Å²) >= 11 is 12.2. The Morgan fingerprint density at radius 1 is 0.923 bits per heavy atom. The lowest BCUT2D eigenvalue weighted by Gasteiger charge is -2.33. The van der Waals surface area contributed by atoms with Crippen LogP contribution in [0.5, 0.6) is 0 Å². The van der Waals surface area contributed by atoms with Crippen LogP contribution in [0, 0.1) is 5.41 Å². The van der Waals surface area contributed by atoms with E-state index in [0.717, 1.165) is 28.7 Å². The van der Waals surface area contributed by atoms with E-state index in [1.165, 1.54) is 0 Å². The Morgan fingerprint density at radius 2 is 1.50 bits per heavy atom. The van der Waals surface area contributed by atoms with Gasteiger partial charge in [-0.2, -0.15) is 0 Å². The number of benzene rings is 2. The van der Waals surface area contributed by atoms with E-state index in [4.69, 9.17) is 23.2 Å². The van der Waals surface area contributed by atoms with E-state index in [0.29, 0.717) is 22.9 Å². The lowest BCUT2D eigenvalue weighted by Crippen LogP contribution is -2.36. The molecule has 0 spiro atoms. The van der Waals surface area contributed by atoms with Crippen molar-refractivity contribution in [3.8, 4) is 11.1 Å². The SMILES string of the molecule is CCc1ccc(-c2ccc(Cl)c(Cl)c2)cc1C1C(=O)CC(C)(C)CC1=O. The fourth-order valence-electron chi connectivity index (χ4n) is 3.78. The maximum absolute atomic E-state index is 12.8. The summed E-state index contributed by atoms with van der Waals surface area (Å²) in [6.07, 6.45) is 1.64. The van der Waals surface area contributed by atoms with E-state index in [2.05, 4.69) is 0 Å². The average Bonchev–Trinajstić information content (AvgIpc) is 2.55. The van der Waals surface area contributed by atoms with Crippen molar-refractivity contribution < 1.29 is 9.59 Å². The molecular formula is C22H22Cl2O2. The summed E-state index contributed by atoms with van der Waals surface area (Å²) in [7, 11) is 0. The molecule has 0 aliphatic heterocycles.